The second-order valence-electron chi connectivity index (χ2n) is 6.00. The van der Waals surface area contributed by atoms with E-state index in [1.807, 2.05) is 23.1 Å². The van der Waals surface area contributed by atoms with Crippen LogP contribution < -0.4 is 19.7 Å². The number of aliphatic hydroxyl groups is 1. The molecule has 0 aliphatic carbocycles. The molecule has 8 heteroatoms. The SMILES string of the molecule is COc1cc(OC)nc(N2CC[C@@H](NC(=O)c3ccccc3)[C@H](O)C2)n1. The lowest BCUT2D eigenvalue weighted by atomic mass is 10.0. The summed E-state index contributed by atoms with van der Waals surface area (Å²) in [5, 5.41) is 13.4. The number of β-amino-alcohol motifs (C(OH)–C–C–N with tert-alkyl or cyclic N) is 1. The van der Waals surface area contributed by atoms with E-state index in [1.54, 1.807) is 18.2 Å². The topological polar surface area (TPSA) is 96.8 Å². The Hall–Kier alpha value is -2.87. The van der Waals surface area contributed by atoms with E-state index in [1.165, 1.54) is 14.2 Å². The molecule has 0 bridgehead atoms. The van der Waals surface area contributed by atoms with Crippen LogP contribution in [0.5, 0.6) is 11.8 Å². The summed E-state index contributed by atoms with van der Waals surface area (Å²) in [4.78, 5) is 22.7. The minimum atomic E-state index is -0.739. The molecule has 1 saturated heterocycles. The normalized spacial score (nSPS) is 19.7. The van der Waals surface area contributed by atoms with Crippen LogP contribution in [0, 0.1) is 0 Å². The number of piperidine rings is 1. The van der Waals surface area contributed by atoms with Gasteiger partial charge in [-0.1, -0.05) is 18.2 Å². The number of hydrogen-bond donors (Lipinski definition) is 2. The van der Waals surface area contributed by atoms with Gasteiger partial charge in [0.1, 0.15) is 0 Å². The van der Waals surface area contributed by atoms with E-state index >= 15 is 0 Å². The molecule has 2 N–H and O–H groups in total. The third-order valence-electron chi connectivity index (χ3n) is 4.30. The number of anilines is 1. The van der Waals surface area contributed by atoms with Gasteiger partial charge in [-0.3, -0.25) is 4.79 Å². The fourth-order valence-corrected chi connectivity index (χ4v) is 2.87. The zero-order valence-electron chi connectivity index (χ0n) is 14.8. The lowest BCUT2D eigenvalue weighted by molar-refractivity contribution is 0.0797. The number of aromatic nitrogens is 2. The summed E-state index contributed by atoms with van der Waals surface area (Å²) in [5.41, 5.74) is 0.572. The number of ether oxygens (including phenoxy) is 2. The van der Waals surface area contributed by atoms with E-state index in [4.69, 9.17) is 9.47 Å². The van der Waals surface area contributed by atoms with Crippen molar-refractivity contribution in [1.82, 2.24) is 15.3 Å². The lowest BCUT2D eigenvalue weighted by Crippen LogP contribution is -2.54. The molecule has 2 atom stereocenters. The van der Waals surface area contributed by atoms with Gasteiger partial charge < -0.3 is 24.8 Å². The molecule has 1 fully saturated rings. The molecule has 3 rings (SSSR count). The van der Waals surface area contributed by atoms with E-state index in [9.17, 15) is 9.90 Å². The molecule has 2 heterocycles. The molecule has 138 valence electrons. The Balaban J connectivity index is 1.66. The maximum Gasteiger partial charge on any atom is 0.251 e. The summed E-state index contributed by atoms with van der Waals surface area (Å²) in [6.45, 7) is 0.892. The van der Waals surface area contributed by atoms with Gasteiger partial charge >= 0.3 is 0 Å². The molecule has 1 aliphatic heterocycles. The zero-order chi connectivity index (χ0) is 18.5. The van der Waals surface area contributed by atoms with Crippen LogP contribution in [0.1, 0.15) is 16.8 Å². The number of nitrogens with zero attached hydrogens (tertiary/aromatic N) is 3. The fraction of sp³-hybridized carbons (Fsp3) is 0.389. The highest BCUT2D eigenvalue weighted by molar-refractivity contribution is 5.94. The van der Waals surface area contributed by atoms with E-state index < -0.39 is 6.10 Å². The largest absolute Gasteiger partial charge is 0.481 e. The first kappa shape index (κ1) is 17.9. The van der Waals surface area contributed by atoms with E-state index in [0.29, 0.717) is 42.8 Å². The first-order valence-electron chi connectivity index (χ1n) is 8.36. The third kappa shape index (κ3) is 4.02. The summed E-state index contributed by atoms with van der Waals surface area (Å²) in [7, 11) is 3.04. The van der Waals surface area contributed by atoms with Crippen LogP contribution in [0.3, 0.4) is 0 Å². The molecule has 1 amide bonds. The van der Waals surface area contributed by atoms with Crippen LogP contribution >= 0.6 is 0 Å². The van der Waals surface area contributed by atoms with Gasteiger partial charge in [-0.05, 0) is 18.6 Å². The van der Waals surface area contributed by atoms with Gasteiger partial charge in [0.2, 0.25) is 17.7 Å². The summed E-state index contributed by atoms with van der Waals surface area (Å²) in [5.74, 6) is 1.01. The van der Waals surface area contributed by atoms with Crippen molar-refractivity contribution in [1.29, 1.82) is 0 Å². The highest BCUT2D eigenvalue weighted by Gasteiger charge is 2.30. The van der Waals surface area contributed by atoms with Gasteiger partial charge in [0.05, 0.1) is 32.4 Å². The number of methoxy groups -OCH3 is 2. The highest BCUT2D eigenvalue weighted by atomic mass is 16.5. The van der Waals surface area contributed by atoms with Crippen molar-refractivity contribution >= 4 is 11.9 Å². The first-order chi connectivity index (χ1) is 12.6. The van der Waals surface area contributed by atoms with Gasteiger partial charge in [0.15, 0.2) is 0 Å². The van der Waals surface area contributed by atoms with Crippen LogP contribution in [0.2, 0.25) is 0 Å². The predicted molar refractivity (Wildman–Crippen MR) is 95.7 cm³/mol. The maximum atomic E-state index is 12.3. The van der Waals surface area contributed by atoms with Crippen molar-refractivity contribution in [3.8, 4) is 11.8 Å². The Bertz CT molecular complexity index is 734. The van der Waals surface area contributed by atoms with E-state index in [0.717, 1.165) is 0 Å². The molecule has 26 heavy (non-hydrogen) atoms. The summed E-state index contributed by atoms with van der Waals surface area (Å²) < 4.78 is 10.3. The average molecular weight is 358 g/mol. The standard InChI is InChI=1S/C18H22N4O4/c1-25-15-10-16(26-2)21-18(20-15)22-9-8-13(14(23)11-22)19-17(24)12-6-4-3-5-7-12/h3-7,10,13-14,23H,8-9,11H2,1-2H3,(H,19,24)/t13-,14-/m1/s1. The smallest absolute Gasteiger partial charge is 0.251 e. The molecule has 2 aromatic rings. The molecule has 0 radical (unpaired) electrons. The number of hydrogen-bond acceptors (Lipinski definition) is 7. The number of amides is 1. The molecule has 0 spiro atoms. The average Bonchev–Trinajstić information content (AvgIpc) is 2.69. The fourth-order valence-electron chi connectivity index (χ4n) is 2.87. The van der Waals surface area contributed by atoms with Gasteiger partial charge in [0.25, 0.3) is 5.91 Å². The second-order valence-corrected chi connectivity index (χ2v) is 6.00. The number of benzene rings is 1. The number of carbonyl (C=O) groups excluding carboxylic acids is 1. The number of aliphatic hydroxyl groups excluding tert-OH is 1. The minimum Gasteiger partial charge on any atom is -0.481 e. The third-order valence-corrected chi connectivity index (χ3v) is 4.30. The quantitative estimate of drug-likeness (QED) is 0.818. The predicted octanol–water partition coefficient (Wildman–Crippen LogP) is 0.863. The van der Waals surface area contributed by atoms with Crippen molar-refractivity contribution in [2.75, 3.05) is 32.2 Å². The molecule has 1 aromatic carbocycles. The second kappa shape index (κ2) is 8.01. The Kier molecular flexibility index (Phi) is 5.52. The molecular formula is C18H22N4O4. The van der Waals surface area contributed by atoms with Crippen molar-refractivity contribution in [2.24, 2.45) is 0 Å². The lowest BCUT2D eigenvalue weighted by Gasteiger charge is -2.36. The minimum absolute atomic E-state index is 0.192. The summed E-state index contributed by atoms with van der Waals surface area (Å²) >= 11 is 0. The highest BCUT2D eigenvalue weighted by Crippen LogP contribution is 2.23. The molecule has 1 aromatic heterocycles. The Morgan fingerprint density at radius 1 is 1.19 bits per heavy atom. The van der Waals surface area contributed by atoms with Crippen LogP contribution in [0.25, 0.3) is 0 Å². The summed E-state index contributed by atoms with van der Waals surface area (Å²) in [6.07, 6.45) is -0.167. The summed E-state index contributed by atoms with van der Waals surface area (Å²) in [6, 6.07) is 10.2. The molecule has 0 saturated carbocycles. The van der Waals surface area contributed by atoms with Crippen LogP contribution in [0.15, 0.2) is 36.4 Å². The van der Waals surface area contributed by atoms with Crippen molar-refractivity contribution in [3.63, 3.8) is 0 Å². The van der Waals surface area contributed by atoms with Crippen LogP contribution in [0.4, 0.5) is 5.95 Å². The van der Waals surface area contributed by atoms with Gasteiger partial charge in [-0.25, -0.2) is 0 Å². The zero-order valence-corrected chi connectivity index (χ0v) is 14.8. The van der Waals surface area contributed by atoms with Crippen molar-refractivity contribution in [3.05, 3.63) is 42.0 Å². The van der Waals surface area contributed by atoms with E-state index in [-0.39, 0.29) is 11.9 Å². The maximum absolute atomic E-state index is 12.3. The Labute approximate surface area is 151 Å². The van der Waals surface area contributed by atoms with Crippen molar-refractivity contribution in [2.45, 2.75) is 18.6 Å². The van der Waals surface area contributed by atoms with Crippen LogP contribution in [-0.2, 0) is 0 Å². The monoisotopic (exact) mass is 358 g/mol. The molecular weight excluding hydrogens is 336 g/mol. The Morgan fingerprint density at radius 3 is 2.42 bits per heavy atom. The number of carbonyl (C=O) groups is 1. The molecule has 1 aliphatic rings. The first-order valence-corrected chi connectivity index (χ1v) is 8.36. The Morgan fingerprint density at radius 2 is 1.85 bits per heavy atom. The van der Waals surface area contributed by atoms with Crippen molar-refractivity contribution < 1.29 is 19.4 Å². The molecule has 0 unspecified atom stereocenters. The van der Waals surface area contributed by atoms with Crippen LogP contribution in [-0.4, -0.2) is 60.4 Å². The number of nitrogens with one attached hydrogen (secondary N) is 1. The molecule has 8 nitrogen and oxygen atoms in total. The van der Waals surface area contributed by atoms with Gasteiger partial charge in [0, 0.05) is 18.7 Å². The van der Waals surface area contributed by atoms with E-state index in [2.05, 4.69) is 15.3 Å². The van der Waals surface area contributed by atoms with Gasteiger partial charge in [-0.2, -0.15) is 9.97 Å². The van der Waals surface area contributed by atoms with Gasteiger partial charge in [-0.15, -0.1) is 0 Å². The number of rotatable bonds is 5.